The Labute approximate surface area is 68.8 Å². The smallest absolute Gasteiger partial charge is 0.0130 e. The summed E-state index contributed by atoms with van der Waals surface area (Å²) in [6.07, 6.45) is 0. The minimum atomic E-state index is 0. The monoisotopic (exact) mass is 240 g/mol. The van der Waals surface area contributed by atoms with Gasteiger partial charge in [0.25, 0.3) is 0 Å². The van der Waals surface area contributed by atoms with E-state index in [1.54, 1.807) is 0 Å². The van der Waals surface area contributed by atoms with Crippen LogP contribution in [0.2, 0.25) is 0 Å². The predicted octanol–water partition coefficient (Wildman–Crippen LogP) is 2.71. The Morgan fingerprint density at radius 3 is 1.75 bits per heavy atom. The third-order valence-electron chi connectivity index (χ3n) is 0.733. The standard InChI is InChI=1S/C6H5I.ClH/c7-6-4-2-1-3-5-6;/h1-5H;1H. The average Bonchev–Trinajstić information content (AvgIpc) is 1.69. The fourth-order valence-corrected chi connectivity index (χ4v) is 0.830. The molecule has 0 heterocycles. The van der Waals surface area contributed by atoms with Gasteiger partial charge in [0.1, 0.15) is 0 Å². The zero-order chi connectivity index (χ0) is 5.11. The Morgan fingerprint density at radius 2 is 1.50 bits per heavy atom. The predicted molar refractivity (Wildman–Crippen MR) is 46.4 cm³/mol. The molecule has 0 aromatic heterocycles. The first-order valence-corrected chi connectivity index (χ1v) is 3.18. The van der Waals surface area contributed by atoms with E-state index in [1.165, 1.54) is 3.57 Å². The Hall–Kier alpha value is 0.240. The number of rotatable bonds is 0. The first-order valence-electron chi connectivity index (χ1n) is 2.10. The zero-order valence-electron chi connectivity index (χ0n) is 4.17. The van der Waals surface area contributed by atoms with Crippen LogP contribution in [0.15, 0.2) is 30.3 Å². The van der Waals surface area contributed by atoms with Crippen LogP contribution in [0.5, 0.6) is 0 Å². The molecule has 2 heteroatoms. The lowest BCUT2D eigenvalue weighted by molar-refractivity contribution is 1.65. The third kappa shape index (κ3) is 2.52. The summed E-state index contributed by atoms with van der Waals surface area (Å²) in [4.78, 5) is 0. The van der Waals surface area contributed by atoms with Crippen molar-refractivity contribution in [2.24, 2.45) is 0 Å². The molecule has 0 spiro atoms. The highest BCUT2D eigenvalue weighted by Gasteiger charge is 1.74. The maximum Gasteiger partial charge on any atom is 0.0130 e. The van der Waals surface area contributed by atoms with Gasteiger partial charge in [0.15, 0.2) is 0 Å². The van der Waals surface area contributed by atoms with Crippen LogP contribution in [-0.4, -0.2) is 0 Å². The summed E-state index contributed by atoms with van der Waals surface area (Å²) in [5, 5.41) is 0. The lowest BCUT2D eigenvalue weighted by Gasteiger charge is -1.80. The molecule has 8 heavy (non-hydrogen) atoms. The summed E-state index contributed by atoms with van der Waals surface area (Å²) in [5.41, 5.74) is 0. The van der Waals surface area contributed by atoms with Crippen molar-refractivity contribution in [3.05, 3.63) is 33.9 Å². The lowest BCUT2D eigenvalue weighted by Crippen LogP contribution is -1.61. The van der Waals surface area contributed by atoms with E-state index in [9.17, 15) is 0 Å². The van der Waals surface area contributed by atoms with Crippen LogP contribution in [0, 0.1) is 3.57 Å². The van der Waals surface area contributed by atoms with Gasteiger partial charge in [-0.1, -0.05) is 18.2 Å². The molecular formula is C6H6ClI. The molecule has 0 fully saturated rings. The number of halogens is 2. The van der Waals surface area contributed by atoms with Crippen LogP contribution in [0.1, 0.15) is 0 Å². The molecule has 1 rings (SSSR count). The summed E-state index contributed by atoms with van der Waals surface area (Å²) >= 11 is 2.28. The third-order valence-corrected chi connectivity index (χ3v) is 1.45. The van der Waals surface area contributed by atoms with Crippen molar-refractivity contribution in [2.75, 3.05) is 0 Å². The molecule has 0 unspecified atom stereocenters. The quantitative estimate of drug-likeness (QED) is 0.612. The second-order valence-corrected chi connectivity index (χ2v) is 2.54. The van der Waals surface area contributed by atoms with Crippen LogP contribution < -0.4 is 0 Å². The topological polar surface area (TPSA) is 0 Å². The van der Waals surface area contributed by atoms with E-state index in [2.05, 4.69) is 34.7 Å². The summed E-state index contributed by atoms with van der Waals surface area (Å²) < 4.78 is 1.29. The van der Waals surface area contributed by atoms with Crippen LogP contribution >= 0.6 is 35.0 Å². The molecule has 1 aromatic rings. The van der Waals surface area contributed by atoms with Crippen molar-refractivity contribution >= 4 is 35.0 Å². The number of hydrogen-bond donors (Lipinski definition) is 0. The maximum atomic E-state index is 2.28. The second-order valence-electron chi connectivity index (χ2n) is 1.30. The van der Waals surface area contributed by atoms with Crippen molar-refractivity contribution < 1.29 is 0 Å². The summed E-state index contributed by atoms with van der Waals surface area (Å²) in [5.74, 6) is 0. The van der Waals surface area contributed by atoms with E-state index in [4.69, 9.17) is 0 Å². The minimum absolute atomic E-state index is 0. The van der Waals surface area contributed by atoms with Gasteiger partial charge in [-0.2, -0.15) is 0 Å². The molecule has 0 radical (unpaired) electrons. The molecule has 0 N–H and O–H groups in total. The summed E-state index contributed by atoms with van der Waals surface area (Å²) in [7, 11) is 0. The molecule has 0 saturated carbocycles. The van der Waals surface area contributed by atoms with Gasteiger partial charge >= 0.3 is 0 Å². The van der Waals surface area contributed by atoms with Crippen molar-refractivity contribution in [2.45, 2.75) is 0 Å². The van der Waals surface area contributed by atoms with Crippen LogP contribution in [0.4, 0.5) is 0 Å². The Bertz CT molecular complexity index is 138. The van der Waals surface area contributed by atoms with E-state index in [0.29, 0.717) is 0 Å². The van der Waals surface area contributed by atoms with E-state index < -0.39 is 0 Å². The highest BCUT2D eigenvalue weighted by atomic mass is 127. The highest BCUT2D eigenvalue weighted by Crippen LogP contribution is 1.99. The summed E-state index contributed by atoms with van der Waals surface area (Å²) in [6.45, 7) is 0. The lowest BCUT2D eigenvalue weighted by atomic mass is 10.4. The molecule has 1 aromatic carbocycles. The summed E-state index contributed by atoms with van der Waals surface area (Å²) in [6, 6.07) is 10.2. The van der Waals surface area contributed by atoms with Gasteiger partial charge in [0, 0.05) is 3.57 Å². The van der Waals surface area contributed by atoms with Gasteiger partial charge in [-0.25, -0.2) is 0 Å². The van der Waals surface area contributed by atoms with Crippen LogP contribution in [0.25, 0.3) is 0 Å². The molecule has 0 amide bonds. The van der Waals surface area contributed by atoms with Gasteiger partial charge in [-0.05, 0) is 34.7 Å². The molecule has 0 bridgehead atoms. The largest absolute Gasteiger partial charge is 0.147 e. The Morgan fingerprint density at radius 1 is 1.00 bits per heavy atom. The van der Waals surface area contributed by atoms with E-state index in [0.717, 1.165) is 0 Å². The average molecular weight is 240 g/mol. The number of benzene rings is 1. The van der Waals surface area contributed by atoms with Crippen molar-refractivity contribution in [3.63, 3.8) is 0 Å². The first kappa shape index (κ1) is 8.24. The molecule has 0 aliphatic rings. The highest BCUT2D eigenvalue weighted by molar-refractivity contribution is 14.1. The van der Waals surface area contributed by atoms with Crippen LogP contribution in [0.3, 0.4) is 0 Å². The fourth-order valence-electron chi connectivity index (χ4n) is 0.415. The van der Waals surface area contributed by atoms with Crippen molar-refractivity contribution in [1.29, 1.82) is 0 Å². The van der Waals surface area contributed by atoms with Crippen molar-refractivity contribution in [3.8, 4) is 0 Å². The van der Waals surface area contributed by atoms with Crippen LogP contribution in [-0.2, 0) is 0 Å². The minimum Gasteiger partial charge on any atom is -0.147 e. The first-order chi connectivity index (χ1) is 3.39. The normalized spacial score (nSPS) is 7.62. The number of hydrogen-bond acceptors (Lipinski definition) is 0. The van der Waals surface area contributed by atoms with Gasteiger partial charge in [-0.3, -0.25) is 0 Å². The Balaban J connectivity index is 0.000000490. The molecule has 0 nitrogen and oxygen atoms in total. The van der Waals surface area contributed by atoms with E-state index >= 15 is 0 Å². The fraction of sp³-hybridized carbons (Fsp3) is 0. The molecule has 0 aliphatic carbocycles. The molecule has 0 saturated heterocycles. The van der Waals surface area contributed by atoms with Gasteiger partial charge < -0.3 is 0 Å². The van der Waals surface area contributed by atoms with Gasteiger partial charge in [-0.15, -0.1) is 12.4 Å². The van der Waals surface area contributed by atoms with E-state index in [-0.39, 0.29) is 12.4 Å². The Kier molecular flexibility index (Phi) is 4.28. The molecule has 0 aliphatic heterocycles. The van der Waals surface area contributed by atoms with Crippen molar-refractivity contribution in [1.82, 2.24) is 0 Å². The zero-order valence-corrected chi connectivity index (χ0v) is 7.15. The molecular weight excluding hydrogens is 234 g/mol. The van der Waals surface area contributed by atoms with Gasteiger partial charge in [0.05, 0.1) is 0 Å². The molecule has 0 atom stereocenters. The second kappa shape index (κ2) is 4.15. The van der Waals surface area contributed by atoms with Gasteiger partial charge in [0.2, 0.25) is 0 Å². The SMILES string of the molecule is Cl.Ic1ccccc1. The van der Waals surface area contributed by atoms with E-state index in [1.807, 2.05) is 18.2 Å². The maximum absolute atomic E-state index is 2.28. The molecule has 44 valence electrons.